The molecule has 0 saturated heterocycles. The van der Waals surface area contributed by atoms with Crippen LogP contribution in [0.2, 0.25) is 0 Å². The standard InChI is InChI=1S/C13H11FN2O2/c14-9-3-1-8(2-4-9)11-5-10(7-17)16-6-12(11)13(15)18/h1-6,17H,7H2,(H2,15,18). The number of halogens is 1. The topological polar surface area (TPSA) is 76.2 Å². The molecule has 0 spiro atoms. The minimum Gasteiger partial charge on any atom is -0.390 e. The number of aliphatic hydroxyl groups excluding tert-OH is 1. The summed E-state index contributed by atoms with van der Waals surface area (Å²) >= 11 is 0. The van der Waals surface area contributed by atoms with Crippen molar-refractivity contribution in [1.29, 1.82) is 0 Å². The molecule has 0 fully saturated rings. The van der Waals surface area contributed by atoms with E-state index in [9.17, 15) is 9.18 Å². The second-order valence-electron chi connectivity index (χ2n) is 3.75. The molecule has 0 unspecified atom stereocenters. The van der Waals surface area contributed by atoms with E-state index in [0.29, 0.717) is 16.8 Å². The Hall–Kier alpha value is -2.27. The highest BCUT2D eigenvalue weighted by Crippen LogP contribution is 2.24. The van der Waals surface area contributed by atoms with Gasteiger partial charge in [0.25, 0.3) is 5.91 Å². The number of pyridine rings is 1. The quantitative estimate of drug-likeness (QED) is 0.861. The van der Waals surface area contributed by atoms with Crippen molar-refractivity contribution in [2.75, 3.05) is 0 Å². The molecular weight excluding hydrogens is 235 g/mol. The van der Waals surface area contributed by atoms with Crippen molar-refractivity contribution in [3.63, 3.8) is 0 Å². The Morgan fingerprint density at radius 1 is 1.33 bits per heavy atom. The molecule has 1 aromatic carbocycles. The number of hydrogen-bond donors (Lipinski definition) is 2. The number of aliphatic hydroxyl groups is 1. The second kappa shape index (κ2) is 4.93. The third-order valence-corrected chi connectivity index (χ3v) is 2.54. The average molecular weight is 246 g/mol. The van der Waals surface area contributed by atoms with Crippen molar-refractivity contribution in [3.05, 3.63) is 53.6 Å². The summed E-state index contributed by atoms with van der Waals surface area (Å²) in [5.41, 5.74) is 7.08. The first-order chi connectivity index (χ1) is 8.61. The van der Waals surface area contributed by atoms with Gasteiger partial charge in [-0.2, -0.15) is 0 Å². The fourth-order valence-electron chi connectivity index (χ4n) is 1.65. The number of nitrogens with zero attached hydrogens (tertiary/aromatic N) is 1. The molecule has 2 rings (SSSR count). The molecule has 3 N–H and O–H groups in total. The molecule has 18 heavy (non-hydrogen) atoms. The van der Waals surface area contributed by atoms with Crippen LogP contribution in [-0.2, 0) is 6.61 Å². The zero-order valence-electron chi connectivity index (χ0n) is 9.43. The normalized spacial score (nSPS) is 10.3. The predicted octanol–water partition coefficient (Wildman–Crippen LogP) is 1.48. The van der Waals surface area contributed by atoms with Crippen LogP contribution in [0.4, 0.5) is 4.39 Å². The lowest BCUT2D eigenvalue weighted by molar-refractivity contribution is 0.100. The fourth-order valence-corrected chi connectivity index (χ4v) is 1.65. The molecule has 2 aromatic rings. The number of primary amides is 1. The van der Waals surface area contributed by atoms with Crippen LogP contribution in [0.15, 0.2) is 36.5 Å². The molecule has 0 bridgehead atoms. The molecule has 5 heteroatoms. The van der Waals surface area contributed by atoms with Gasteiger partial charge in [-0.1, -0.05) is 12.1 Å². The highest BCUT2D eigenvalue weighted by Gasteiger charge is 2.11. The molecule has 0 aliphatic heterocycles. The number of aromatic nitrogens is 1. The lowest BCUT2D eigenvalue weighted by Crippen LogP contribution is -2.13. The Labute approximate surface area is 103 Å². The van der Waals surface area contributed by atoms with Gasteiger partial charge in [0.15, 0.2) is 0 Å². The Kier molecular flexibility index (Phi) is 3.34. The Bertz CT molecular complexity index is 582. The maximum atomic E-state index is 12.9. The summed E-state index contributed by atoms with van der Waals surface area (Å²) in [6, 6.07) is 7.22. The number of carbonyl (C=O) groups is 1. The molecule has 4 nitrogen and oxygen atoms in total. The van der Waals surface area contributed by atoms with Crippen molar-refractivity contribution in [1.82, 2.24) is 4.98 Å². The SMILES string of the molecule is NC(=O)c1cnc(CO)cc1-c1ccc(F)cc1. The number of carbonyl (C=O) groups excluding carboxylic acids is 1. The molecule has 1 amide bonds. The van der Waals surface area contributed by atoms with Crippen molar-refractivity contribution >= 4 is 5.91 Å². The molecule has 1 aromatic heterocycles. The number of rotatable bonds is 3. The summed E-state index contributed by atoms with van der Waals surface area (Å²) in [7, 11) is 0. The molecule has 0 aliphatic rings. The number of nitrogens with two attached hydrogens (primary N) is 1. The van der Waals surface area contributed by atoms with E-state index in [0.717, 1.165) is 0 Å². The van der Waals surface area contributed by atoms with Gasteiger partial charge in [0.2, 0.25) is 0 Å². The Balaban J connectivity index is 2.59. The molecular formula is C13H11FN2O2. The molecule has 92 valence electrons. The van der Waals surface area contributed by atoms with Gasteiger partial charge in [0.05, 0.1) is 17.9 Å². The largest absolute Gasteiger partial charge is 0.390 e. The predicted molar refractivity (Wildman–Crippen MR) is 64.1 cm³/mol. The van der Waals surface area contributed by atoms with E-state index in [1.807, 2.05) is 0 Å². The summed E-state index contributed by atoms with van der Waals surface area (Å²) in [6.07, 6.45) is 1.31. The molecule has 1 heterocycles. The van der Waals surface area contributed by atoms with E-state index in [4.69, 9.17) is 10.8 Å². The maximum absolute atomic E-state index is 12.9. The van der Waals surface area contributed by atoms with Gasteiger partial charge >= 0.3 is 0 Å². The molecule has 0 aliphatic carbocycles. The van der Waals surface area contributed by atoms with Gasteiger partial charge in [0.1, 0.15) is 5.82 Å². The van der Waals surface area contributed by atoms with Crippen molar-refractivity contribution in [3.8, 4) is 11.1 Å². The van der Waals surface area contributed by atoms with E-state index in [2.05, 4.69) is 4.98 Å². The highest BCUT2D eigenvalue weighted by atomic mass is 19.1. The average Bonchev–Trinajstić information content (AvgIpc) is 2.38. The van der Waals surface area contributed by atoms with Crippen LogP contribution in [0, 0.1) is 5.82 Å². The summed E-state index contributed by atoms with van der Waals surface area (Å²) in [6.45, 7) is -0.243. The molecule has 0 saturated carbocycles. The Morgan fingerprint density at radius 2 is 2.00 bits per heavy atom. The third-order valence-electron chi connectivity index (χ3n) is 2.54. The van der Waals surface area contributed by atoms with Crippen molar-refractivity contribution in [2.45, 2.75) is 6.61 Å². The maximum Gasteiger partial charge on any atom is 0.250 e. The monoisotopic (exact) mass is 246 g/mol. The van der Waals surface area contributed by atoms with Gasteiger partial charge in [-0.05, 0) is 29.3 Å². The summed E-state index contributed by atoms with van der Waals surface area (Å²) in [5.74, 6) is -0.984. The fraction of sp³-hybridized carbons (Fsp3) is 0.0769. The van der Waals surface area contributed by atoms with Gasteiger partial charge in [-0.15, -0.1) is 0 Å². The first-order valence-electron chi connectivity index (χ1n) is 5.27. The minimum atomic E-state index is -0.619. The van der Waals surface area contributed by atoms with Gasteiger partial charge < -0.3 is 10.8 Å². The Morgan fingerprint density at radius 3 is 2.56 bits per heavy atom. The van der Waals surface area contributed by atoms with Crippen molar-refractivity contribution in [2.24, 2.45) is 5.73 Å². The van der Waals surface area contributed by atoms with Gasteiger partial charge in [-0.25, -0.2) is 4.39 Å². The van der Waals surface area contributed by atoms with E-state index in [1.54, 1.807) is 6.07 Å². The zero-order valence-corrected chi connectivity index (χ0v) is 9.43. The number of hydrogen-bond acceptors (Lipinski definition) is 3. The first-order valence-corrected chi connectivity index (χ1v) is 5.27. The molecule has 0 radical (unpaired) electrons. The van der Waals surface area contributed by atoms with Crippen LogP contribution in [0.5, 0.6) is 0 Å². The highest BCUT2D eigenvalue weighted by molar-refractivity contribution is 5.99. The second-order valence-corrected chi connectivity index (χ2v) is 3.75. The van der Waals surface area contributed by atoms with Crippen LogP contribution < -0.4 is 5.73 Å². The minimum absolute atomic E-state index is 0.235. The number of benzene rings is 1. The van der Waals surface area contributed by atoms with Crippen LogP contribution in [0.1, 0.15) is 16.1 Å². The lowest BCUT2D eigenvalue weighted by Gasteiger charge is -2.08. The van der Waals surface area contributed by atoms with Crippen LogP contribution in [-0.4, -0.2) is 16.0 Å². The summed E-state index contributed by atoms with van der Waals surface area (Å²) in [4.78, 5) is 15.2. The van der Waals surface area contributed by atoms with E-state index in [1.165, 1.54) is 30.5 Å². The summed E-state index contributed by atoms with van der Waals surface area (Å²) < 4.78 is 12.9. The number of amides is 1. The molecule has 0 atom stereocenters. The first kappa shape index (κ1) is 12.2. The summed E-state index contributed by atoms with van der Waals surface area (Å²) in [5, 5.41) is 9.04. The van der Waals surface area contributed by atoms with E-state index >= 15 is 0 Å². The van der Waals surface area contributed by atoms with Crippen molar-refractivity contribution < 1.29 is 14.3 Å². The van der Waals surface area contributed by atoms with E-state index < -0.39 is 5.91 Å². The van der Waals surface area contributed by atoms with E-state index in [-0.39, 0.29) is 18.0 Å². The van der Waals surface area contributed by atoms with Crippen LogP contribution in [0.3, 0.4) is 0 Å². The zero-order chi connectivity index (χ0) is 13.1. The van der Waals surface area contributed by atoms with Gasteiger partial charge in [-0.3, -0.25) is 9.78 Å². The van der Waals surface area contributed by atoms with Crippen LogP contribution in [0.25, 0.3) is 11.1 Å². The van der Waals surface area contributed by atoms with Gasteiger partial charge in [0, 0.05) is 6.20 Å². The third kappa shape index (κ3) is 2.36. The smallest absolute Gasteiger partial charge is 0.250 e. The van der Waals surface area contributed by atoms with Crippen LogP contribution >= 0.6 is 0 Å². The lowest BCUT2D eigenvalue weighted by atomic mass is 10.0.